The summed E-state index contributed by atoms with van der Waals surface area (Å²) in [6, 6.07) is 11.0. The molecule has 3 rings (SSSR count). The molecule has 6 nitrogen and oxygen atoms in total. The number of fused-ring (bicyclic) bond motifs is 1. The molecule has 0 bridgehead atoms. The molecule has 1 aromatic heterocycles. The maximum absolute atomic E-state index is 12.4. The Bertz CT molecular complexity index is 1020. The lowest BCUT2D eigenvalue weighted by Gasteiger charge is -2.11. The largest absolute Gasteiger partial charge is 0.496 e. The molecular weight excluding hydrogens is 388 g/mol. The van der Waals surface area contributed by atoms with E-state index in [4.69, 9.17) is 25.8 Å². The SMILES string of the molecule is COc1cc(OC)c(OC)cc1/C=N\NC(=O)c1sc2ccccc2c1Cl. The summed E-state index contributed by atoms with van der Waals surface area (Å²) in [6.07, 6.45) is 1.47. The highest BCUT2D eigenvalue weighted by Crippen LogP contribution is 2.35. The number of carbonyl (C=O) groups is 1. The van der Waals surface area contributed by atoms with E-state index in [2.05, 4.69) is 10.5 Å². The number of rotatable bonds is 6. The molecule has 0 saturated carbocycles. The fourth-order valence-electron chi connectivity index (χ4n) is 2.53. The van der Waals surface area contributed by atoms with Gasteiger partial charge in [-0.1, -0.05) is 29.8 Å². The number of nitrogens with zero attached hydrogens (tertiary/aromatic N) is 1. The van der Waals surface area contributed by atoms with Crippen molar-refractivity contribution in [3.05, 3.63) is 51.9 Å². The Morgan fingerprint density at radius 3 is 2.41 bits per heavy atom. The van der Waals surface area contributed by atoms with Crippen LogP contribution in [0.3, 0.4) is 0 Å². The molecule has 0 unspecified atom stereocenters. The fourth-order valence-corrected chi connectivity index (χ4v) is 3.93. The topological polar surface area (TPSA) is 69.2 Å². The van der Waals surface area contributed by atoms with Crippen LogP contribution in [-0.4, -0.2) is 33.5 Å². The van der Waals surface area contributed by atoms with Crippen LogP contribution in [-0.2, 0) is 0 Å². The average molecular weight is 405 g/mol. The van der Waals surface area contributed by atoms with Crippen molar-refractivity contribution in [2.24, 2.45) is 5.10 Å². The zero-order valence-corrected chi connectivity index (χ0v) is 16.5. The number of hydrogen-bond donors (Lipinski definition) is 1. The second-order valence-electron chi connectivity index (χ2n) is 5.39. The first kappa shape index (κ1) is 19.0. The average Bonchev–Trinajstić information content (AvgIpc) is 3.04. The Hall–Kier alpha value is -2.77. The van der Waals surface area contributed by atoms with Gasteiger partial charge >= 0.3 is 0 Å². The maximum atomic E-state index is 12.4. The van der Waals surface area contributed by atoms with Crippen LogP contribution in [0.4, 0.5) is 0 Å². The van der Waals surface area contributed by atoms with E-state index in [0.717, 1.165) is 10.1 Å². The first-order valence-corrected chi connectivity index (χ1v) is 9.09. The highest BCUT2D eigenvalue weighted by Gasteiger charge is 2.16. The van der Waals surface area contributed by atoms with Crippen LogP contribution in [0.5, 0.6) is 17.2 Å². The zero-order valence-electron chi connectivity index (χ0n) is 14.9. The van der Waals surface area contributed by atoms with Crippen molar-refractivity contribution in [3.8, 4) is 17.2 Å². The number of halogens is 1. The lowest BCUT2D eigenvalue weighted by atomic mass is 10.2. The van der Waals surface area contributed by atoms with Gasteiger partial charge in [-0.2, -0.15) is 5.10 Å². The first-order valence-electron chi connectivity index (χ1n) is 7.89. The summed E-state index contributed by atoms with van der Waals surface area (Å²) < 4.78 is 16.8. The van der Waals surface area contributed by atoms with Gasteiger partial charge in [-0.25, -0.2) is 5.43 Å². The molecule has 2 aromatic carbocycles. The fraction of sp³-hybridized carbons (Fsp3) is 0.158. The number of thiophene rings is 1. The number of nitrogens with one attached hydrogen (secondary N) is 1. The molecule has 0 aliphatic heterocycles. The van der Waals surface area contributed by atoms with E-state index >= 15 is 0 Å². The molecule has 0 saturated heterocycles. The molecule has 0 atom stereocenters. The van der Waals surface area contributed by atoms with Gasteiger partial charge in [0.15, 0.2) is 11.5 Å². The van der Waals surface area contributed by atoms with Crippen molar-refractivity contribution >= 4 is 45.1 Å². The number of carbonyl (C=O) groups excluding carboxylic acids is 1. The number of methoxy groups -OCH3 is 3. The van der Waals surface area contributed by atoms with Crippen molar-refractivity contribution in [2.45, 2.75) is 0 Å². The summed E-state index contributed by atoms with van der Waals surface area (Å²) >= 11 is 7.63. The summed E-state index contributed by atoms with van der Waals surface area (Å²) in [6.45, 7) is 0. The minimum Gasteiger partial charge on any atom is -0.496 e. The predicted octanol–water partition coefficient (Wildman–Crippen LogP) is 4.34. The minimum atomic E-state index is -0.378. The van der Waals surface area contributed by atoms with Gasteiger partial charge in [0.25, 0.3) is 5.91 Å². The molecule has 1 amide bonds. The molecule has 140 valence electrons. The van der Waals surface area contributed by atoms with Gasteiger partial charge in [-0.3, -0.25) is 4.79 Å². The third kappa shape index (κ3) is 3.84. The van der Waals surface area contributed by atoms with Crippen molar-refractivity contribution < 1.29 is 19.0 Å². The zero-order chi connectivity index (χ0) is 19.4. The van der Waals surface area contributed by atoms with Crippen molar-refractivity contribution in [1.82, 2.24) is 5.43 Å². The Morgan fingerprint density at radius 2 is 1.74 bits per heavy atom. The summed E-state index contributed by atoms with van der Waals surface area (Å²) in [5.41, 5.74) is 3.12. The van der Waals surface area contributed by atoms with Gasteiger partial charge in [0, 0.05) is 21.7 Å². The first-order chi connectivity index (χ1) is 13.1. The Balaban J connectivity index is 1.82. The molecule has 1 N–H and O–H groups in total. The summed E-state index contributed by atoms with van der Waals surface area (Å²) in [5.74, 6) is 1.22. The standard InChI is InChI=1S/C19H17ClN2O4S/c1-24-13-9-15(26-3)14(25-2)8-11(13)10-21-22-19(23)18-17(20)12-6-4-5-7-16(12)27-18/h4-10H,1-3H3,(H,22,23)/b21-10-. The van der Waals surface area contributed by atoms with Crippen LogP contribution in [0.1, 0.15) is 15.2 Å². The van der Waals surface area contributed by atoms with Crippen LogP contribution in [0, 0.1) is 0 Å². The van der Waals surface area contributed by atoms with Crippen LogP contribution in [0.2, 0.25) is 5.02 Å². The van der Waals surface area contributed by atoms with E-state index in [1.165, 1.54) is 31.8 Å². The molecule has 0 radical (unpaired) electrons. The van der Waals surface area contributed by atoms with E-state index in [9.17, 15) is 4.79 Å². The number of amides is 1. The lowest BCUT2D eigenvalue weighted by Crippen LogP contribution is -2.16. The predicted molar refractivity (Wildman–Crippen MR) is 108 cm³/mol. The van der Waals surface area contributed by atoms with Crippen LogP contribution in [0.25, 0.3) is 10.1 Å². The normalized spacial score (nSPS) is 11.0. The Morgan fingerprint density at radius 1 is 1.07 bits per heavy atom. The number of benzene rings is 2. The van der Waals surface area contributed by atoms with Gasteiger partial charge < -0.3 is 14.2 Å². The van der Waals surface area contributed by atoms with E-state index < -0.39 is 0 Å². The highest BCUT2D eigenvalue weighted by atomic mass is 35.5. The highest BCUT2D eigenvalue weighted by molar-refractivity contribution is 7.21. The number of hydrogen-bond acceptors (Lipinski definition) is 6. The lowest BCUT2D eigenvalue weighted by molar-refractivity contribution is 0.0959. The molecule has 27 heavy (non-hydrogen) atoms. The van der Waals surface area contributed by atoms with E-state index in [1.807, 2.05) is 24.3 Å². The van der Waals surface area contributed by atoms with Crippen molar-refractivity contribution in [3.63, 3.8) is 0 Å². The molecule has 3 aromatic rings. The smallest absolute Gasteiger partial charge is 0.283 e. The van der Waals surface area contributed by atoms with Crippen LogP contribution < -0.4 is 19.6 Å². The molecule has 1 heterocycles. The maximum Gasteiger partial charge on any atom is 0.283 e. The summed E-state index contributed by atoms with van der Waals surface area (Å²) in [7, 11) is 4.62. The molecule has 0 fully saturated rings. The molecule has 0 aliphatic rings. The monoisotopic (exact) mass is 404 g/mol. The van der Waals surface area contributed by atoms with Crippen LogP contribution >= 0.6 is 22.9 Å². The van der Waals surface area contributed by atoms with Gasteiger partial charge in [-0.15, -0.1) is 11.3 Å². The van der Waals surface area contributed by atoms with Gasteiger partial charge in [0.1, 0.15) is 10.6 Å². The second-order valence-corrected chi connectivity index (χ2v) is 6.82. The van der Waals surface area contributed by atoms with E-state index in [1.54, 1.807) is 19.2 Å². The Kier molecular flexibility index (Phi) is 5.83. The van der Waals surface area contributed by atoms with Gasteiger partial charge in [0.2, 0.25) is 0 Å². The second kappa shape index (κ2) is 8.28. The molecular formula is C19H17ClN2O4S. The van der Waals surface area contributed by atoms with Crippen molar-refractivity contribution in [2.75, 3.05) is 21.3 Å². The van der Waals surface area contributed by atoms with Crippen molar-refractivity contribution in [1.29, 1.82) is 0 Å². The molecule has 0 spiro atoms. The van der Waals surface area contributed by atoms with Gasteiger partial charge in [-0.05, 0) is 12.1 Å². The summed E-state index contributed by atoms with van der Waals surface area (Å²) in [5, 5.41) is 5.29. The minimum absolute atomic E-state index is 0.378. The van der Waals surface area contributed by atoms with E-state index in [-0.39, 0.29) is 5.91 Å². The summed E-state index contributed by atoms with van der Waals surface area (Å²) in [4.78, 5) is 12.8. The number of hydrazone groups is 1. The van der Waals surface area contributed by atoms with E-state index in [0.29, 0.717) is 32.7 Å². The number of ether oxygens (including phenoxy) is 3. The quantitative estimate of drug-likeness (QED) is 0.490. The van der Waals surface area contributed by atoms with Gasteiger partial charge in [0.05, 0.1) is 32.6 Å². The Labute approximate surface area is 165 Å². The molecule has 0 aliphatic carbocycles. The third-order valence-electron chi connectivity index (χ3n) is 3.85. The third-order valence-corrected chi connectivity index (χ3v) is 5.52. The molecule has 8 heteroatoms. The van der Waals surface area contributed by atoms with Crippen LogP contribution in [0.15, 0.2) is 41.5 Å².